The molecule has 0 saturated heterocycles. The molecule has 0 atom stereocenters. The van der Waals surface area contributed by atoms with E-state index < -0.39 is 17.8 Å². The Hall–Kier alpha value is -2.33. The minimum Gasteiger partial charge on any atom is -0.480 e. The van der Waals surface area contributed by atoms with Crippen molar-refractivity contribution in [2.75, 3.05) is 0 Å². The number of carboxylic acid groups (broad SMARTS) is 1. The van der Waals surface area contributed by atoms with Gasteiger partial charge in [0.25, 0.3) is 0 Å². The van der Waals surface area contributed by atoms with Crippen LogP contribution in [0.3, 0.4) is 0 Å². The van der Waals surface area contributed by atoms with Gasteiger partial charge >= 0.3 is 5.97 Å². The van der Waals surface area contributed by atoms with Gasteiger partial charge in [0, 0.05) is 10.5 Å². The Morgan fingerprint density at radius 3 is 2.33 bits per heavy atom. The lowest BCUT2D eigenvalue weighted by Gasteiger charge is -2.02. The summed E-state index contributed by atoms with van der Waals surface area (Å²) < 4.78 is 0. The summed E-state index contributed by atoms with van der Waals surface area (Å²) in [4.78, 5) is 24.4. The first-order chi connectivity index (χ1) is 7.16. The third kappa shape index (κ3) is 2.55. The van der Waals surface area contributed by atoms with Crippen LogP contribution in [0.1, 0.15) is 10.4 Å². The van der Waals surface area contributed by atoms with Crippen LogP contribution >= 0.6 is 0 Å². The number of hydrogen-bond donors (Lipinski definition) is 1. The average Bonchev–Trinajstić information content (AvgIpc) is 2.26. The summed E-state index contributed by atoms with van der Waals surface area (Å²) in [7, 11) is 0. The van der Waals surface area contributed by atoms with Gasteiger partial charge in [-0.05, 0) is 5.53 Å². The molecule has 1 aromatic rings. The fraction of sp³-hybridized carbons (Fsp3) is 0. The van der Waals surface area contributed by atoms with Gasteiger partial charge in [-0.25, -0.2) is 0 Å². The Morgan fingerprint density at radius 2 is 1.87 bits per heavy atom. The molecule has 0 aliphatic heterocycles. The van der Waals surface area contributed by atoms with Gasteiger partial charge in [0.05, 0.1) is 0 Å². The highest BCUT2D eigenvalue weighted by Gasteiger charge is 2.27. The van der Waals surface area contributed by atoms with Crippen LogP contribution in [-0.2, 0) is 4.79 Å². The van der Waals surface area contributed by atoms with Crippen molar-refractivity contribution in [2.24, 2.45) is 5.11 Å². The Morgan fingerprint density at radius 1 is 1.27 bits per heavy atom. The van der Waals surface area contributed by atoms with Crippen molar-refractivity contribution in [1.29, 1.82) is 0 Å². The topological polar surface area (TPSA) is 103 Å². The van der Waals surface area contributed by atoms with Crippen LogP contribution in [-0.4, -0.2) is 16.9 Å². The molecule has 1 N–H and O–H groups in total. The number of ketones is 1. The zero-order valence-electron chi connectivity index (χ0n) is 7.49. The molecule has 15 heavy (non-hydrogen) atoms. The summed E-state index contributed by atoms with van der Waals surface area (Å²) in [6.45, 7) is 0. The number of carbonyl (C=O) groups excluding carboxylic acids is 1. The molecule has 75 valence electrons. The van der Waals surface area contributed by atoms with Crippen LogP contribution in [0.25, 0.3) is 10.4 Å². The van der Waals surface area contributed by atoms with E-state index in [1.807, 2.05) is 0 Å². The van der Waals surface area contributed by atoms with Crippen LogP contribution in [0.5, 0.6) is 0 Å². The molecule has 1 rings (SSSR count). The molecule has 1 aromatic carbocycles. The van der Waals surface area contributed by atoms with E-state index in [0.29, 0.717) is 0 Å². The average molecular weight is 204 g/mol. The number of hydrogen-bond acceptors (Lipinski definition) is 3. The predicted molar refractivity (Wildman–Crippen MR) is 50.8 cm³/mol. The number of carbonyl (C=O) groups is 2. The molecule has 0 aliphatic carbocycles. The van der Waals surface area contributed by atoms with Crippen molar-refractivity contribution in [3.8, 4) is 0 Å². The van der Waals surface area contributed by atoms with E-state index in [1.54, 1.807) is 18.2 Å². The second-order valence-corrected chi connectivity index (χ2v) is 2.54. The molecule has 0 spiro atoms. The zero-order chi connectivity index (χ0) is 11.3. The summed E-state index contributed by atoms with van der Waals surface area (Å²) in [6.07, 6.45) is 0. The Labute approximate surface area is 84.8 Å². The lowest BCUT2D eigenvalue weighted by molar-refractivity contribution is -0.134. The second-order valence-electron chi connectivity index (χ2n) is 2.54. The lowest BCUT2D eigenvalue weighted by Crippen LogP contribution is -2.19. The van der Waals surface area contributed by atoms with Crippen molar-refractivity contribution >= 4 is 11.8 Å². The van der Waals surface area contributed by atoms with E-state index in [2.05, 4.69) is 10.0 Å². The highest BCUT2D eigenvalue weighted by atomic mass is 16.4. The molecule has 0 amide bonds. The van der Waals surface area contributed by atoms with Gasteiger partial charge in [-0.3, -0.25) is 9.59 Å². The van der Waals surface area contributed by atoms with Gasteiger partial charge in [0.1, 0.15) is 0 Å². The molecule has 0 aromatic heterocycles. The van der Waals surface area contributed by atoms with Gasteiger partial charge in [-0.15, -0.1) is 0 Å². The number of benzene rings is 1. The summed E-state index contributed by atoms with van der Waals surface area (Å²) in [5.74, 6) is -2.34. The molecule has 1 radical (unpaired) electrons. The second kappa shape index (κ2) is 4.78. The third-order valence-electron chi connectivity index (χ3n) is 1.60. The number of nitrogens with zero attached hydrogens (tertiary/aromatic N) is 3. The largest absolute Gasteiger partial charge is 0.480 e. The summed E-state index contributed by atoms with van der Waals surface area (Å²) in [5, 5.41) is 11.5. The molecular weight excluding hydrogens is 198 g/mol. The van der Waals surface area contributed by atoms with E-state index in [4.69, 9.17) is 10.6 Å². The summed E-state index contributed by atoms with van der Waals surface area (Å²) in [5.41, 5.74) is 8.27. The van der Waals surface area contributed by atoms with E-state index >= 15 is 0 Å². The highest BCUT2D eigenvalue weighted by molar-refractivity contribution is 6.19. The van der Waals surface area contributed by atoms with E-state index in [1.165, 1.54) is 12.1 Å². The van der Waals surface area contributed by atoms with Crippen molar-refractivity contribution < 1.29 is 14.7 Å². The Bertz CT molecular complexity index is 421. The highest BCUT2D eigenvalue weighted by Crippen LogP contribution is 2.12. The number of aliphatic carboxylic acids is 1. The van der Waals surface area contributed by atoms with Gasteiger partial charge in [-0.2, -0.15) is 0 Å². The van der Waals surface area contributed by atoms with Gasteiger partial charge < -0.3 is 5.11 Å². The number of azide groups is 1. The Kier molecular flexibility index (Phi) is 3.43. The number of Topliss-reactive ketones (excluding diaryl/α,β-unsaturated/α-hetero) is 1. The fourth-order valence-corrected chi connectivity index (χ4v) is 0.956. The zero-order valence-corrected chi connectivity index (χ0v) is 7.49. The van der Waals surface area contributed by atoms with Crippen LogP contribution in [0.15, 0.2) is 35.4 Å². The first kappa shape index (κ1) is 10.7. The molecule has 6 heteroatoms. The maximum Gasteiger partial charge on any atom is 0.325 e. The van der Waals surface area contributed by atoms with Gasteiger partial charge in [0.2, 0.25) is 6.04 Å². The SMILES string of the molecule is [N-]=[N+]=N[C](C(=O)O)C(=O)c1ccccc1. The maximum absolute atomic E-state index is 11.5. The first-order valence-electron chi connectivity index (χ1n) is 3.92. The van der Waals surface area contributed by atoms with Crippen molar-refractivity contribution in [2.45, 2.75) is 0 Å². The molecule has 0 bridgehead atoms. The standard InChI is InChI=1S/C9H6N3O3/c10-12-11-7(9(14)15)8(13)6-4-2-1-3-5-6/h1-5H,(H,14,15). The molecule has 0 heterocycles. The van der Waals surface area contributed by atoms with Crippen molar-refractivity contribution in [3.63, 3.8) is 0 Å². The predicted octanol–water partition coefficient (Wildman–Crippen LogP) is 1.80. The molecule has 0 unspecified atom stereocenters. The van der Waals surface area contributed by atoms with Crippen molar-refractivity contribution in [1.82, 2.24) is 0 Å². The molecule has 0 aliphatic rings. The minimum atomic E-state index is -1.54. The Balaban J connectivity index is 3.01. The van der Waals surface area contributed by atoms with Crippen LogP contribution < -0.4 is 0 Å². The molecule has 0 fully saturated rings. The van der Waals surface area contributed by atoms with Crippen LogP contribution in [0.2, 0.25) is 0 Å². The monoisotopic (exact) mass is 204 g/mol. The van der Waals surface area contributed by atoms with E-state index in [9.17, 15) is 9.59 Å². The number of carboxylic acids is 1. The van der Waals surface area contributed by atoms with Gasteiger partial charge in [0.15, 0.2) is 5.78 Å². The molecular formula is C9H6N3O3. The maximum atomic E-state index is 11.5. The van der Waals surface area contributed by atoms with Crippen LogP contribution in [0, 0.1) is 6.04 Å². The molecule has 0 saturated carbocycles. The first-order valence-corrected chi connectivity index (χ1v) is 3.92. The van der Waals surface area contributed by atoms with E-state index in [0.717, 1.165) is 0 Å². The lowest BCUT2D eigenvalue weighted by atomic mass is 10.1. The fourth-order valence-electron chi connectivity index (χ4n) is 0.956. The quantitative estimate of drug-likeness (QED) is 0.266. The smallest absolute Gasteiger partial charge is 0.325 e. The van der Waals surface area contributed by atoms with Crippen LogP contribution in [0.4, 0.5) is 0 Å². The summed E-state index contributed by atoms with van der Waals surface area (Å²) >= 11 is 0. The van der Waals surface area contributed by atoms with Gasteiger partial charge in [-0.1, -0.05) is 35.4 Å². The minimum absolute atomic E-state index is 0.169. The van der Waals surface area contributed by atoms with E-state index in [-0.39, 0.29) is 5.56 Å². The third-order valence-corrected chi connectivity index (χ3v) is 1.60. The van der Waals surface area contributed by atoms with Crippen molar-refractivity contribution in [3.05, 3.63) is 52.4 Å². The summed E-state index contributed by atoms with van der Waals surface area (Å²) in [6, 6.07) is 6.91. The molecule has 6 nitrogen and oxygen atoms in total. The number of rotatable bonds is 4. The normalized spacial score (nSPS) is 9.40.